The van der Waals surface area contributed by atoms with Gasteiger partial charge in [-0.15, -0.1) is 5.10 Å². The Bertz CT molecular complexity index is 980. The topological polar surface area (TPSA) is 69.4 Å². The molecule has 0 fully saturated rings. The van der Waals surface area contributed by atoms with Crippen molar-refractivity contribution in [3.8, 4) is 0 Å². The van der Waals surface area contributed by atoms with Gasteiger partial charge in [-0.05, 0) is 30.7 Å². The number of hydrogen-bond donors (Lipinski definition) is 0. The fourth-order valence-electron chi connectivity index (χ4n) is 2.50. The van der Waals surface area contributed by atoms with Gasteiger partial charge in [0.15, 0.2) is 5.65 Å². The molecule has 104 valence electrons. The Kier molecular flexibility index (Phi) is 2.85. The van der Waals surface area contributed by atoms with Gasteiger partial charge < -0.3 is 0 Å². The van der Waals surface area contributed by atoms with Gasteiger partial charge in [0.2, 0.25) is 5.65 Å². The zero-order valence-corrected chi connectivity index (χ0v) is 11.9. The summed E-state index contributed by atoms with van der Waals surface area (Å²) in [6.07, 6.45) is 3.27. The van der Waals surface area contributed by atoms with E-state index in [1.54, 1.807) is 10.9 Å². The first-order chi connectivity index (χ1) is 10.7. The van der Waals surface area contributed by atoms with Crippen molar-refractivity contribution in [3.63, 3.8) is 0 Å². The Morgan fingerprint density at radius 3 is 3.00 bits per heavy atom. The minimum atomic E-state index is -0.0364. The quantitative estimate of drug-likeness (QED) is 0.517. The molecule has 3 aromatic heterocycles. The molecule has 4 aromatic rings. The third kappa shape index (κ3) is 2.02. The summed E-state index contributed by atoms with van der Waals surface area (Å²) in [6, 6.07) is 10.1. The first-order valence-corrected chi connectivity index (χ1v) is 6.90. The highest BCUT2D eigenvalue weighted by molar-refractivity contribution is 6.30. The van der Waals surface area contributed by atoms with Gasteiger partial charge in [0.25, 0.3) is 0 Å². The Morgan fingerprint density at radius 1 is 1.18 bits per heavy atom. The smallest absolute Gasteiger partial charge is 0.221 e. The first-order valence-electron chi connectivity index (χ1n) is 6.90. The SMILES string of the molecule is [B]c1cnc2nnn(C(C)c3ccc4ncccc4c3)c2n1. The van der Waals surface area contributed by atoms with Crippen molar-refractivity contribution in [2.75, 3.05) is 0 Å². The maximum absolute atomic E-state index is 5.71. The molecule has 0 amide bonds. The minimum Gasteiger partial charge on any atom is -0.256 e. The van der Waals surface area contributed by atoms with Crippen molar-refractivity contribution < 1.29 is 0 Å². The number of rotatable bonds is 2. The van der Waals surface area contributed by atoms with E-state index in [9.17, 15) is 0 Å². The largest absolute Gasteiger partial charge is 0.256 e. The molecule has 0 aliphatic carbocycles. The zero-order chi connectivity index (χ0) is 15.1. The highest BCUT2D eigenvalue weighted by Crippen LogP contribution is 2.23. The van der Waals surface area contributed by atoms with Gasteiger partial charge in [-0.2, -0.15) is 0 Å². The lowest BCUT2D eigenvalue weighted by molar-refractivity contribution is 0.556. The summed E-state index contributed by atoms with van der Waals surface area (Å²) in [6.45, 7) is 2.04. The van der Waals surface area contributed by atoms with Crippen LogP contribution in [-0.2, 0) is 0 Å². The van der Waals surface area contributed by atoms with Crippen molar-refractivity contribution in [1.82, 2.24) is 29.9 Å². The summed E-state index contributed by atoms with van der Waals surface area (Å²) in [5.74, 6) is 0. The predicted octanol–water partition coefficient (Wildman–Crippen LogP) is 1.17. The second-order valence-corrected chi connectivity index (χ2v) is 5.11. The summed E-state index contributed by atoms with van der Waals surface area (Å²) >= 11 is 0. The number of pyridine rings is 1. The van der Waals surface area contributed by atoms with Gasteiger partial charge in [0, 0.05) is 23.4 Å². The van der Waals surface area contributed by atoms with Crippen LogP contribution in [0.5, 0.6) is 0 Å². The van der Waals surface area contributed by atoms with Crippen LogP contribution in [-0.4, -0.2) is 37.8 Å². The Labute approximate surface area is 127 Å². The van der Waals surface area contributed by atoms with Crippen molar-refractivity contribution >= 4 is 35.6 Å². The molecule has 4 rings (SSSR count). The molecule has 1 unspecified atom stereocenters. The van der Waals surface area contributed by atoms with Gasteiger partial charge in [-0.25, -0.2) is 14.6 Å². The molecule has 0 bridgehead atoms. The van der Waals surface area contributed by atoms with E-state index >= 15 is 0 Å². The van der Waals surface area contributed by atoms with Crippen LogP contribution in [0.4, 0.5) is 0 Å². The fourth-order valence-corrected chi connectivity index (χ4v) is 2.50. The molecule has 0 saturated heterocycles. The van der Waals surface area contributed by atoms with E-state index < -0.39 is 0 Å². The molecule has 6 nitrogen and oxygen atoms in total. The van der Waals surface area contributed by atoms with E-state index in [1.807, 2.05) is 31.2 Å². The fraction of sp³-hybridized carbons (Fsp3) is 0.133. The molecule has 0 saturated carbocycles. The molecular formula is C15H11BN6. The third-order valence-electron chi connectivity index (χ3n) is 3.68. The van der Waals surface area contributed by atoms with E-state index in [-0.39, 0.29) is 6.04 Å². The van der Waals surface area contributed by atoms with Gasteiger partial charge in [-0.3, -0.25) is 4.98 Å². The van der Waals surface area contributed by atoms with Gasteiger partial charge in [0.1, 0.15) is 7.85 Å². The monoisotopic (exact) mass is 286 g/mol. The molecular weight excluding hydrogens is 275 g/mol. The lowest BCUT2D eigenvalue weighted by Crippen LogP contribution is -2.14. The van der Waals surface area contributed by atoms with Crippen LogP contribution >= 0.6 is 0 Å². The normalized spacial score (nSPS) is 12.8. The van der Waals surface area contributed by atoms with Crippen LogP contribution in [0, 0.1) is 0 Å². The Hall–Kier alpha value is -2.83. The van der Waals surface area contributed by atoms with E-state index in [0.29, 0.717) is 16.9 Å². The summed E-state index contributed by atoms with van der Waals surface area (Å²) < 4.78 is 1.73. The molecule has 3 heterocycles. The highest BCUT2D eigenvalue weighted by atomic mass is 15.5. The predicted molar refractivity (Wildman–Crippen MR) is 84.1 cm³/mol. The number of aromatic nitrogens is 6. The first kappa shape index (κ1) is 12.9. The van der Waals surface area contributed by atoms with Crippen molar-refractivity contribution in [3.05, 3.63) is 48.3 Å². The highest BCUT2D eigenvalue weighted by Gasteiger charge is 2.15. The summed E-state index contributed by atoms with van der Waals surface area (Å²) in [5, 5.41) is 9.29. The lowest BCUT2D eigenvalue weighted by Gasteiger charge is -2.13. The maximum atomic E-state index is 5.71. The van der Waals surface area contributed by atoms with E-state index in [0.717, 1.165) is 16.5 Å². The average Bonchev–Trinajstić information content (AvgIpc) is 2.96. The molecule has 0 N–H and O–H groups in total. The van der Waals surface area contributed by atoms with Crippen LogP contribution in [0.15, 0.2) is 42.7 Å². The number of benzene rings is 1. The summed E-state index contributed by atoms with van der Waals surface area (Å²) in [7, 11) is 5.71. The van der Waals surface area contributed by atoms with Crippen LogP contribution in [0.2, 0.25) is 0 Å². The third-order valence-corrected chi connectivity index (χ3v) is 3.68. The molecule has 0 aliphatic heterocycles. The number of fused-ring (bicyclic) bond motifs is 2. The maximum Gasteiger partial charge on any atom is 0.221 e. The van der Waals surface area contributed by atoms with Gasteiger partial charge in [-0.1, -0.05) is 17.3 Å². The number of hydrogen-bond acceptors (Lipinski definition) is 5. The molecule has 1 aromatic carbocycles. The van der Waals surface area contributed by atoms with Crippen LogP contribution in [0.3, 0.4) is 0 Å². The zero-order valence-electron chi connectivity index (χ0n) is 11.9. The lowest BCUT2D eigenvalue weighted by atomic mass is 10.1. The number of nitrogens with zero attached hydrogens (tertiary/aromatic N) is 6. The van der Waals surface area contributed by atoms with Gasteiger partial charge in [0.05, 0.1) is 11.6 Å². The van der Waals surface area contributed by atoms with E-state index in [1.165, 1.54) is 6.20 Å². The molecule has 2 radical (unpaired) electrons. The molecule has 1 atom stereocenters. The van der Waals surface area contributed by atoms with Crippen LogP contribution < -0.4 is 5.59 Å². The second kappa shape index (κ2) is 4.87. The van der Waals surface area contributed by atoms with Crippen LogP contribution in [0.25, 0.3) is 22.2 Å². The Morgan fingerprint density at radius 2 is 2.09 bits per heavy atom. The van der Waals surface area contributed by atoms with Crippen molar-refractivity contribution in [2.24, 2.45) is 0 Å². The Balaban J connectivity index is 1.84. The van der Waals surface area contributed by atoms with E-state index in [4.69, 9.17) is 7.85 Å². The van der Waals surface area contributed by atoms with Crippen molar-refractivity contribution in [1.29, 1.82) is 0 Å². The molecule has 0 aliphatic rings. The summed E-state index contributed by atoms with van der Waals surface area (Å²) in [4.78, 5) is 12.8. The van der Waals surface area contributed by atoms with Gasteiger partial charge >= 0.3 is 0 Å². The minimum absolute atomic E-state index is 0.0364. The molecule has 0 spiro atoms. The van der Waals surface area contributed by atoms with Crippen molar-refractivity contribution in [2.45, 2.75) is 13.0 Å². The van der Waals surface area contributed by atoms with E-state index in [2.05, 4.69) is 31.3 Å². The summed E-state index contributed by atoms with van der Waals surface area (Å²) in [5.41, 5.74) is 3.48. The molecule has 22 heavy (non-hydrogen) atoms. The average molecular weight is 286 g/mol. The van der Waals surface area contributed by atoms with Crippen LogP contribution in [0.1, 0.15) is 18.5 Å². The molecule has 7 heteroatoms. The second-order valence-electron chi connectivity index (χ2n) is 5.11. The standard InChI is InChI=1S/C15H11BN6/c1-9(10-4-5-12-11(7-10)3-2-6-17-12)22-15-14(20-21-22)18-8-13(16)19-15/h2-9H,1H3.